The molecule has 2 rings (SSSR count). The minimum absolute atomic E-state index is 0.831. The highest BCUT2D eigenvalue weighted by atomic mass is 28.3. The van der Waals surface area contributed by atoms with Crippen LogP contribution in [0.5, 0.6) is 5.75 Å². The highest BCUT2D eigenvalue weighted by molar-refractivity contribution is 6.76. The molecule has 0 aromatic heterocycles. The van der Waals surface area contributed by atoms with E-state index in [-0.39, 0.29) is 0 Å². The topological polar surface area (TPSA) is 9.23 Å². The molecular weight excluding hydrogens is 200 g/mol. The van der Waals surface area contributed by atoms with Crippen molar-refractivity contribution in [2.24, 2.45) is 0 Å². The van der Waals surface area contributed by atoms with Crippen LogP contribution >= 0.6 is 0 Å². The summed E-state index contributed by atoms with van der Waals surface area (Å²) in [5, 5.41) is 0. The maximum Gasteiger partial charge on any atom is 0.119 e. The summed E-state index contributed by atoms with van der Waals surface area (Å²) < 4.78 is 5.23. The van der Waals surface area contributed by atoms with E-state index >= 15 is 0 Å². The molecule has 0 fully saturated rings. The summed E-state index contributed by atoms with van der Waals surface area (Å²) in [5.74, 6) is 1.83. The highest BCUT2D eigenvalue weighted by Crippen LogP contribution is 2.41. The molecule has 0 heterocycles. The molecule has 0 saturated heterocycles. The number of hydrogen-bond acceptors (Lipinski definition) is 1. The van der Waals surface area contributed by atoms with E-state index in [9.17, 15) is 0 Å². The molecule has 15 heavy (non-hydrogen) atoms. The van der Waals surface area contributed by atoms with E-state index in [0.717, 1.165) is 11.7 Å². The summed E-state index contributed by atoms with van der Waals surface area (Å²) in [7, 11) is 0.824. The summed E-state index contributed by atoms with van der Waals surface area (Å²) in [6.45, 7) is 7.36. The Hall–Kier alpha value is -0.763. The molecule has 82 valence electrons. The predicted molar refractivity (Wildman–Crippen MR) is 67.6 cm³/mol. The number of fused-ring (bicyclic) bond motifs is 1. The van der Waals surface area contributed by atoms with Gasteiger partial charge in [0.15, 0.2) is 0 Å². The third-order valence-corrected chi connectivity index (χ3v) is 4.83. The van der Waals surface area contributed by atoms with Gasteiger partial charge in [-0.25, -0.2) is 0 Å². The smallest absolute Gasteiger partial charge is 0.119 e. The molecule has 0 amide bonds. The summed E-state index contributed by atoms with van der Waals surface area (Å²) in [6.07, 6.45) is 1.26. The monoisotopic (exact) mass is 220 g/mol. The van der Waals surface area contributed by atoms with Crippen molar-refractivity contribution < 1.29 is 4.74 Å². The van der Waals surface area contributed by atoms with Gasteiger partial charge in [0.1, 0.15) is 5.75 Å². The van der Waals surface area contributed by atoms with Crippen LogP contribution < -0.4 is 4.74 Å². The first-order valence-corrected chi connectivity index (χ1v) is 9.37. The van der Waals surface area contributed by atoms with Crippen LogP contribution in [-0.2, 0) is 6.42 Å². The molecule has 2 heteroatoms. The van der Waals surface area contributed by atoms with Crippen LogP contribution in [-0.4, -0.2) is 15.2 Å². The van der Waals surface area contributed by atoms with Crippen molar-refractivity contribution in [2.45, 2.75) is 38.0 Å². The van der Waals surface area contributed by atoms with Crippen molar-refractivity contribution in [3.05, 3.63) is 29.3 Å². The van der Waals surface area contributed by atoms with Crippen LogP contribution in [0.25, 0.3) is 0 Å². The number of ether oxygens (including phenoxy) is 1. The Kier molecular flexibility index (Phi) is 2.63. The molecule has 0 aliphatic heterocycles. The third-order valence-electron chi connectivity index (χ3n) is 3.12. The van der Waals surface area contributed by atoms with Gasteiger partial charge in [-0.3, -0.25) is 0 Å². The Morgan fingerprint density at radius 2 is 2.07 bits per heavy atom. The summed E-state index contributed by atoms with van der Waals surface area (Å²) in [4.78, 5) is 0. The van der Waals surface area contributed by atoms with Crippen molar-refractivity contribution in [1.29, 1.82) is 0 Å². The third kappa shape index (κ3) is 2.25. The van der Waals surface area contributed by atoms with E-state index < -0.39 is 8.07 Å². The van der Waals surface area contributed by atoms with Gasteiger partial charge in [-0.2, -0.15) is 0 Å². The van der Waals surface area contributed by atoms with Gasteiger partial charge in [0.05, 0.1) is 7.11 Å². The number of methoxy groups -OCH3 is 1. The van der Waals surface area contributed by atoms with E-state index in [1.54, 1.807) is 12.7 Å². The molecule has 1 aliphatic carbocycles. The second kappa shape index (κ2) is 3.67. The van der Waals surface area contributed by atoms with Crippen LogP contribution in [0.3, 0.4) is 0 Å². The molecule has 1 aromatic rings. The van der Waals surface area contributed by atoms with Gasteiger partial charge in [0.2, 0.25) is 0 Å². The first-order valence-electron chi connectivity index (χ1n) is 5.66. The maximum atomic E-state index is 5.23. The molecular formula is C13H20OSi. The fraction of sp³-hybridized carbons (Fsp3) is 0.538. The van der Waals surface area contributed by atoms with Gasteiger partial charge in [0, 0.05) is 8.07 Å². The fourth-order valence-corrected chi connectivity index (χ4v) is 4.29. The van der Waals surface area contributed by atoms with E-state index in [2.05, 4.69) is 37.8 Å². The van der Waals surface area contributed by atoms with Crippen molar-refractivity contribution in [3.8, 4) is 5.75 Å². The lowest BCUT2D eigenvalue weighted by Crippen LogP contribution is -2.28. The van der Waals surface area contributed by atoms with Gasteiger partial charge in [-0.05, 0) is 35.6 Å². The standard InChI is InChI=1S/C13H20OSi/c1-14-12-5-6-13-10(8-12)7-11(13)9-15(2,3)4/h5-6,8,11H,7,9H2,1-4H3. The largest absolute Gasteiger partial charge is 0.497 e. The van der Waals surface area contributed by atoms with E-state index in [4.69, 9.17) is 4.74 Å². The highest BCUT2D eigenvalue weighted by Gasteiger charge is 2.30. The van der Waals surface area contributed by atoms with Gasteiger partial charge < -0.3 is 4.74 Å². The molecule has 0 radical (unpaired) electrons. The van der Waals surface area contributed by atoms with E-state index in [1.165, 1.54) is 18.0 Å². The van der Waals surface area contributed by atoms with Gasteiger partial charge in [-0.15, -0.1) is 0 Å². The average Bonchev–Trinajstić information content (AvgIpc) is 2.12. The maximum absolute atomic E-state index is 5.23. The Bertz CT molecular complexity index is 365. The second-order valence-corrected chi connectivity index (χ2v) is 11.3. The fourth-order valence-electron chi connectivity index (χ4n) is 2.45. The van der Waals surface area contributed by atoms with Crippen LogP contribution in [0.15, 0.2) is 18.2 Å². The van der Waals surface area contributed by atoms with Crippen LogP contribution in [0.2, 0.25) is 25.7 Å². The lowest BCUT2D eigenvalue weighted by atomic mass is 9.79. The molecule has 0 bridgehead atoms. The average molecular weight is 220 g/mol. The summed E-state index contributed by atoms with van der Waals surface area (Å²) in [6, 6.07) is 7.96. The Balaban J connectivity index is 2.11. The molecule has 1 aliphatic rings. The first-order chi connectivity index (χ1) is 6.99. The van der Waals surface area contributed by atoms with Crippen molar-refractivity contribution in [1.82, 2.24) is 0 Å². The Morgan fingerprint density at radius 1 is 1.33 bits per heavy atom. The minimum atomic E-state index is -0.912. The quantitative estimate of drug-likeness (QED) is 0.706. The van der Waals surface area contributed by atoms with Crippen molar-refractivity contribution >= 4 is 8.07 Å². The van der Waals surface area contributed by atoms with Crippen molar-refractivity contribution in [2.75, 3.05) is 7.11 Å². The molecule has 0 saturated carbocycles. The number of hydrogen-bond donors (Lipinski definition) is 0. The van der Waals surface area contributed by atoms with Gasteiger partial charge in [-0.1, -0.05) is 31.8 Å². The second-order valence-electron chi connectivity index (χ2n) is 5.73. The summed E-state index contributed by atoms with van der Waals surface area (Å²) >= 11 is 0. The van der Waals surface area contributed by atoms with Gasteiger partial charge >= 0.3 is 0 Å². The lowest BCUT2D eigenvalue weighted by molar-refractivity contribution is 0.412. The minimum Gasteiger partial charge on any atom is -0.497 e. The van der Waals surface area contributed by atoms with Crippen LogP contribution in [0.4, 0.5) is 0 Å². The zero-order valence-corrected chi connectivity index (χ0v) is 11.1. The van der Waals surface area contributed by atoms with Crippen LogP contribution in [0.1, 0.15) is 17.0 Å². The van der Waals surface area contributed by atoms with E-state index in [0.29, 0.717) is 0 Å². The molecule has 1 atom stereocenters. The summed E-state index contributed by atoms with van der Waals surface area (Å²) in [5.41, 5.74) is 3.07. The molecule has 0 N–H and O–H groups in total. The Morgan fingerprint density at radius 3 is 2.60 bits per heavy atom. The lowest BCUT2D eigenvalue weighted by Gasteiger charge is -2.34. The SMILES string of the molecule is COc1ccc2c(c1)CC2C[Si](C)(C)C. The molecule has 1 nitrogen and oxygen atoms in total. The zero-order valence-electron chi connectivity index (χ0n) is 10.1. The first kappa shape index (κ1) is 10.7. The molecule has 1 unspecified atom stereocenters. The normalized spacial score (nSPS) is 19.3. The van der Waals surface area contributed by atoms with E-state index in [1.807, 2.05) is 0 Å². The Labute approximate surface area is 93.5 Å². The number of benzene rings is 1. The molecule has 1 aromatic carbocycles. The number of rotatable bonds is 3. The zero-order chi connectivity index (χ0) is 11.1. The van der Waals surface area contributed by atoms with Crippen molar-refractivity contribution in [3.63, 3.8) is 0 Å². The molecule has 0 spiro atoms. The predicted octanol–water partition coefficient (Wildman–Crippen LogP) is 3.67. The van der Waals surface area contributed by atoms with Gasteiger partial charge in [0.25, 0.3) is 0 Å². The van der Waals surface area contributed by atoms with Crippen LogP contribution in [0, 0.1) is 0 Å².